The van der Waals surface area contributed by atoms with Gasteiger partial charge in [0.05, 0.1) is 5.69 Å². The first-order valence-electron chi connectivity index (χ1n) is 9.67. The van der Waals surface area contributed by atoms with Crippen molar-refractivity contribution in [2.45, 2.75) is 50.9 Å². The highest BCUT2D eigenvalue weighted by molar-refractivity contribution is 6.30. The Morgan fingerprint density at radius 3 is 2.65 bits per heavy atom. The van der Waals surface area contributed by atoms with Crippen LogP contribution in [-0.2, 0) is 6.42 Å². The van der Waals surface area contributed by atoms with Crippen LogP contribution >= 0.6 is 11.6 Å². The van der Waals surface area contributed by atoms with E-state index in [0.29, 0.717) is 5.78 Å². The maximum atomic E-state index is 12.8. The molecule has 0 spiro atoms. The summed E-state index contributed by atoms with van der Waals surface area (Å²) in [7, 11) is 0. The first-order valence-corrected chi connectivity index (χ1v) is 10.1. The summed E-state index contributed by atoms with van der Waals surface area (Å²) in [6.45, 7) is 0. The minimum absolute atomic E-state index is 0.204. The van der Waals surface area contributed by atoms with Gasteiger partial charge in [-0.05, 0) is 55.0 Å². The molecule has 4 rings (SSSR count). The van der Waals surface area contributed by atoms with Crippen LogP contribution < -0.4 is 0 Å². The third-order valence-corrected chi connectivity index (χ3v) is 5.98. The van der Waals surface area contributed by atoms with Crippen LogP contribution in [0.3, 0.4) is 0 Å². The summed E-state index contributed by atoms with van der Waals surface area (Å²) >= 11 is 6.14. The van der Waals surface area contributed by atoms with Crippen molar-refractivity contribution >= 4 is 29.3 Å². The zero-order valence-corrected chi connectivity index (χ0v) is 15.7. The summed E-state index contributed by atoms with van der Waals surface area (Å²) in [5.41, 5.74) is 4.21. The maximum absolute atomic E-state index is 12.8. The van der Waals surface area contributed by atoms with Gasteiger partial charge in [-0.1, -0.05) is 55.1 Å². The van der Waals surface area contributed by atoms with Crippen molar-refractivity contribution in [1.82, 2.24) is 0 Å². The fourth-order valence-electron chi connectivity index (χ4n) is 4.19. The molecule has 1 aliphatic heterocycles. The lowest BCUT2D eigenvalue weighted by Gasteiger charge is -2.20. The third-order valence-electron chi connectivity index (χ3n) is 5.74. The normalized spacial score (nSPS) is 20.4. The molecule has 3 heteroatoms. The molecule has 2 aromatic rings. The van der Waals surface area contributed by atoms with E-state index < -0.39 is 0 Å². The summed E-state index contributed by atoms with van der Waals surface area (Å²) in [4.78, 5) is 17.6. The molecule has 2 aromatic carbocycles. The van der Waals surface area contributed by atoms with E-state index >= 15 is 0 Å². The van der Waals surface area contributed by atoms with E-state index in [1.807, 2.05) is 36.5 Å². The number of Topliss-reactive ketones (excluding diaryl/α,β-unsaturated/α-hetero) is 1. The minimum atomic E-state index is 0.204. The van der Waals surface area contributed by atoms with Crippen molar-refractivity contribution in [1.29, 1.82) is 0 Å². The van der Waals surface area contributed by atoms with Crippen molar-refractivity contribution < 1.29 is 4.79 Å². The summed E-state index contributed by atoms with van der Waals surface area (Å²) in [5.74, 6) is 0.771. The fraction of sp³-hybridized carbons (Fsp3) is 0.391. The highest BCUT2D eigenvalue weighted by atomic mass is 35.5. The van der Waals surface area contributed by atoms with E-state index in [4.69, 9.17) is 16.6 Å². The minimum Gasteiger partial charge on any atom is -0.294 e. The molecule has 0 bridgehead atoms. The van der Waals surface area contributed by atoms with E-state index in [1.54, 1.807) is 0 Å². The molecule has 2 nitrogen and oxygen atoms in total. The zero-order valence-electron chi connectivity index (χ0n) is 15.0. The average molecular weight is 366 g/mol. The van der Waals surface area contributed by atoms with Crippen molar-refractivity contribution in [3.63, 3.8) is 0 Å². The van der Waals surface area contributed by atoms with Crippen LogP contribution in [0, 0.1) is 5.92 Å². The van der Waals surface area contributed by atoms with Crippen molar-refractivity contribution in [3.05, 3.63) is 64.2 Å². The predicted molar refractivity (Wildman–Crippen MR) is 108 cm³/mol. The molecular formula is C23H24ClNO. The van der Waals surface area contributed by atoms with Gasteiger partial charge < -0.3 is 0 Å². The van der Waals surface area contributed by atoms with Gasteiger partial charge in [-0.3, -0.25) is 9.79 Å². The third kappa shape index (κ3) is 3.76. The summed E-state index contributed by atoms with van der Waals surface area (Å²) in [6, 6.07) is 14.1. The van der Waals surface area contributed by atoms with Gasteiger partial charge in [0.2, 0.25) is 0 Å². The second kappa shape index (κ2) is 7.75. The Kier molecular flexibility index (Phi) is 5.21. The van der Waals surface area contributed by atoms with Gasteiger partial charge in [-0.15, -0.1) is 0 Å². The standard InChI is InChI=1S/C23H24ClNO/c24-21-8-4-7-18(13-21)20-12-10-16-9-11-19(14-22(16)25-15-20)23(26)17-5-2-1-3-6-17/h4,7-9,11,13-15,17,20H,1-3,5-6,10,12H2. The SMILES string of the molecule is O=C(c1ccc2c(c1)N=CC(c1cccc(Cl)c1)CC2)C1CCCCC1. The van der Waals surface area contributed by atoms with E-state index in [9.17, 15) is 4.79 Å². The molecule has 0 amide bonds. The van der Waals surface area contributed by atoms with Gasteiger partial charge in [0.25, 0.3) is 0 Å². The van der Waals surface area contributed by atoms with Gasteiger partial charge in [0.15, 0.2) is 5.78 Å². The molecule has 0 radical (unpaired) electrons. The largest absolute Gasteiger partial charge is 0.294 e. The zero-order chi connectivity index (χ0) is 17.9. The van der Waals surface area contributed by atoms with Crippen LogP contribution in [0.2, 0.25) is 5.02 Å². The first-order chi connectivity index (χ1) is 12.7. The number of carbonyl (C=O) groups is 1. The number of halogens is 1. The van der Waals surface area contributed by atoms with Crippen LogP contribution in [0.1, 0.15) is 65.9 Å². The number of benzene rings is 2. The van der Waals surface area contributed by atoms with Crippen molar-refractivity contribution in [2.75, 3.05) is 0 Å². The molecule has 26 heavy (non-hydrogen) atoms. The topological polar surface area (TPSA) is 29.4 Å². The molecule has 0 N–H and O–H groups in total. The van der Waals surface area contributed by atoms with Crippen molar-refractivity contribution in [3.8, 4) is 0 Å². The Balaban J connectivity index is 1.56. The monoisotopic (exact) mass is 365 g/mol. The molecule has 2 aliphatic rings. The number of hydrogen-bond donors (Lipinski definition) is 0. The highest BCUT2D eigenvalue weighted by Gasteiger charge is 2.23. The first kappa shape index (κ1) is 17.5. The second-order valence-corrected chi connectivity index (χ2v) is 7.96. The van der Waals surface area contributed by atoms with Gasteiger partial charge in [-0.25, -0.2) is 0 Å². The van der Waals surface area contributed by atoms with Crippen LogP contribution in [0.25, 0.3) is 0 Å². The number of nitrogens with zero attached hydrogens (tertiary/aromatic N) is 1. The molecule has 1 heterocycles. The molecule has 1 saturated carbocycles. The lowest BCUT2D eigenvalue weighted by molar-refractivity contribution is 0.0889. The summed E-state index contributed by atoms with van der Waals surface area (Å²) in [6.07, 6.45) is 9.69. The summed E-state index contributed by atoms with van der Waals surface area (Å²) < 4.78 is 0. The predicted octanol–water partition coefficient (Wildman–Crippen LogP) is 6.54. The quantitative estimate of drug-likeness (QED) is 0.568. The van der Waals surface area contributed by atoms with E-state index in [1.165, 1.54) is 30.4 Å². The van der Waals surface area contributed by atoms with Crippen LogP contribution in [-0.4, -0.2) is 12.0 Å². The second-order valence-electron chi connectivity index (χ2n) is 7.52. The van der Waals surface area contributed by atoms with E-state index in [0.717, 1.165) is 42.0 Å². The summed E-state index contributed by atoms with van der Waals surface area (Å²) in [5, 5.41) is 0.762. The molecule has 134 valence electrons. The van der Waals surface area contributed by atoms with Crippen LogP contribution in [0.15, 0.2) is 47.5 Å². The molecular weight excluding hydrogens is 342 g/mol. The number of ketones is 1. The van der Waals surface area contributed by atoms with E-state index in [2.05, 4.69) is 12.1 Å². The number of hydrogen-bond acceptors (Lipinski definition) is 2. The van der Waals surface area contributed by atoms with Gasteiger partial charge in [-0.2, -0.15) is 0 Å². The Morgan fingerprint density at radius 2 is 1.85 bits per heavy atom. The van der Waals surface area contributed by atoms with Gasteiger partial charge in [0, 0.05) is 28.6 Å². The number of aliphatic imine (C=N–C) groups is 1. The van der Waals surface area contributed by atoms with Crippen LogP contribution in [0.4, 0.5) is 5.69 Å². The molecule has 1 aliphatic carbocycles. The number of aryl methyl sites for hydroxylation is 1. The molecule has 0 aromatic heterocycles. The number of fused-ring (bicyclic) bond motifs is 1. The van der Waals surface area contributed by atoms with Crippen molar-refractivity contribution in [2.24, 2.45) is 10.9 Å². The highest BCUT2D eigenvalue weighted by Crippen LogP contribution is 2.33. The maximum Gasteiger partial charge on any atom is 0.166 e. The number of rotatable bonds is 3. The average Bonchev–Trinajstić information content (AvgIpc) is 2.90. The molecule has 1 fully saturated rings. The smallest absolute Gasteiger partial charge is 0.166 e. The lowest BCUT2D eigenvalue weighted by atomic mass is 9.83. The fourth-order valence-corrected chi connectivity index (χ4v) is 4.39. The lowest BCUT2D eigenvalue weighted by Crippen LogP contribution is -2.17. The molecule has 1 atom stereocenters. The number of carbonyl (C=O) groups excluding carboxylic acids is 1. The van der Waals surface area contributed by atoms with Gasteiger partial charge in [0.1, 0.15) is 0 Å². The Hall–Kier alpha value is -1.93. The Bertz CT molecular complexity index is 836. The Morgan fingerprint density at radius 1 is 1.00 bits per heavy atom. The molecule has 1 unspecified atom stereocenters. The van der Waals surface area contributed by atoms with E-state index in [-0.39, 0.29) is 11.8 Å². The van der Waals surface area contributed by atoms with Gasteiger partial charge >= 0.3 is 0 Å². The molecule has 0 saturated heterocycles. The Labute approximate surface area is 160 Å². The van der Waals surface area contributed by atoms with Crippen LogP contribution in [0.5, 0.6) is 0 Å².